The maximum absolute atomic E-state index is 11.8. The Morgan fingerprint density at radius 3 is 2.60 bits per heavy atom. The van der Waals surface area contributed by atoms with E-state index >= 15 is 0 Å². The molecule has 3 rings (SSSR count). The van der Waals surface area contributed by atoms with Crippen molar-refractivity contribution >= 4 is 5.69 Å². The lowest BCUT2D eigenvalue weighted by molar-refractivity contribution is 0.768. The fraction of sp³-hybridized carbons (Fsp3) is 0.0714. The summed E-state index contributed by atoms with van der Waals surface area (Å²) in [6.45, 7) is 0. The van der Waals surface area contributed by atoms with Crippen LogP contribution in [0.15, 0.2) is 47.5 Å². The van der Waals surface area contributed by atoms with Crippen LogP contribution in [0.5, 0.6) is 0 Å². The van der Waals surface area contributed by atoms with E-state index in [-0.39, 0.29) is 5.56 Å². The van der Waals surface area contributed by atoms with Crippen molar-refractivity contribution in [3.05, 3.63) is 53.1 Å². The molecule has 20 heavy (non-hydrogen) atoms. The molecule has 6 heteroatoms. The number of benzene rings is 1. The fourth-order valence-electron chi connectivity index (χ4n) is 1.94. The van der Waals surface area contributed by atoms with Gasteiger partial charge in [0.25, 0.3) is 5.56 Å². The molecule has 0 unspecified atom stereocenters. The van der Waals surface area contributed by atoms with Gasteiger partial charge in [-0.1, -0.05) is 0 Å². The van der Waals surface area contributed by atoms with Crippen LogP contribution < -0.4 is 11.3 Å². The molecule has 3 aromatic rings. The molecule has 0 aliphatic carbocycles. The minimum absolute atomic E-state index is 0.203. The number of aryl methyl sites for hydroxylation is 1. The number of anilines is 1. The molecule has 2 heterocycles. The lowest BCUT2D eigenvalue weighted by atomic mass is 10.2. The van der Waals surface area contributed by atoms with Crippen molar-refractivity contribution in [2.24, 2.45) is 7.05 Å². The SMILES string of the molecule is Cn1cc(-c2cc(=O)[nH]c(-c3ccc(N)cc3)n2)cn1. The number of aromatic amines is 1. The average Bonchev–Trinajstić information content (AvgIpc) is 2.85. The van der Waals surface area contributed by atoms with Gasteiger partial charge in [-0.15, -0.1) is 0 Å². The number of nitrogens with zero attached hydrogens (tertiary/aromatic N) is 3. The zero-order chi connectivity index (χ0) is 14.1. The van der Waals surface area contributed by atoms with Crippen LogP contribution in [0.2, 0.25) is 0 Å². The monoisotopic (exact) mass is 267 g/mol. The molecule has 2 aromatic heterocycles. The molecule has 0 bridgehead atoms. The first-order valence-corrected chi connectivity index (χ1v) is 6.08. The Morgan fingerprint density at radius 1 is 1.20 bits per heavy atom. The zero-order valence-electron chi connectivity index (χ0n) is 10.9. The molecule has 0 amide bonds. The van der Waals surface area contributed by atoms with E-state index < -0.39 is 0 Å². The maximum Gasteiger partial charge on any atom is 0.251 e. The molecule has 0 fully saturated rings. The van der Waals surface area contributed by atoms with Gasteiger partial charge in [-0.25, -0.2) is 4.98 Å². The summed E-state index contributed by atoms with van der Waals surface area (Å²) < 4.78 is 1.67. The van der Waals surface area contributed by atoms with E-state index in [1.54, 1.807) is 23.0 Å². The Morgan fingerprint density at radius 2 is 1.95 bits per heavy atom. The van der Waals surface area contributed by atoms with Crippen LogP contribution >= 0.6 is 0 Å². The second-order valence-corrected chi connectivity index (χ2v) is 4.50. The maximum atomic E-state index is 11.8. The predicted octanol–water partition coefficient (Wildman–Crippen LogP) is 1.42. The summed E-state index contributed by atoms with van der Waals surface area (Å²) in [5.74, 6) is 0.511. The molecular formula is C14H13N5O. The van der Waals surface area contributed by atoms with E-state index in [2.05, 4.69) is 15.1 Å². The number of hydrogen-bond acceptors (Lipinski definition) is 4. The molecule has 0 saturated carbocycles. The normalized spacial score (nSPS) is 10.7. The molecular weight excluding hydrogens is 254 g/mol. The highest BCUT2D eigenvalue weighted by atomic mass is 16.1. The van der Waals surface area contributed by atoms with Crippen molar-refractivity contribution in [2.75, 3.05) is 5.73 Å². The summed E-state index contributed by atoms with van der Waals surface area (Å²) in [6.07, 6.45) is 3.49. The summed E-state index contributed by atoms with van der Waals surface area (Å²) >= 11 is 0. The summed E-state index contributed by atoms with van der Waals surface area (Å²) in [6, 6.07) is 8.64. The standard InChI is InChI=1S/C14H13N5O/c1-19-8-10(7-16-19)12-6-13(20)18-14(17-12)9-2-4-11(15)5-3-9/h2-8H,15H2,1H3,(H,17,18,20). The molecule has 0 spiro atoms. The van der Waals surface area contributed by atoms with Gasteiger partial charge in [0.2, 0.25) is 0 Å². The largest absolute Gasteiger partial charge is 0.399 e. The van der Waals surface area contributed by atoms with Gasteiger partial charge in [-0.05, 0) is 24.3 Å². The fourth-order valence-corrected chi connectivity index (χ4v) is 1.94. The van der Waals surface area contributed by atoms with Crippen molar-refractivity contribution in [3.63, 3.8) is 0 Å². The van der Waals surface area contributed by atoms with Crippen molar-refractivity contribution in [1.29, 1.82) is 0 Å². The summed E-state index contributed by atoms with van der Waals surface area (Å²) in [5, 5.41) is 4.08. The average molecular weight is 267 g/mol. The van der Waals surface area contributed by atoms with Crippen molar-refractivity contribution in [2.45, 2.75) is 0 Å². The van der Waals surface area contributed by atoms with Crippen molar-refractivity contribution in [1.82, 2.24) is 19.7 Å². The third kappa shape index (κ3) is 2.31. The van der Waals surface area contributed by atoms with Gasteiger partial charge in [-0.3, -0.25) is 9.48 Å². The van der Waals surface area contributed by atoms with Gasteiger partial charge < -0.3 is 10.7 Å². The topological polar surface area (TPSA) is 89.6 Å². The zero-order valence-corrected chi connectivity index (χ0v) is 10.9. The molecule has 1 aromatic carbocycles. The molecule has 0 radical (unpaired) electrons. The Bertz CT molecular complexity index is 801. The molecule has 0 aliphatic heterocycles. The number of H-pyrrole nitrogens is 1. The highest BCUT2D eigenvalue weighted by Gasteiger charge is 2.07. The molecule has 0 saturated heterocycles. The van der Waals surface area contributed by atoms with E-state index in [1.807, 2.05) is 25.4 Å². The van der Waals surface area contributed by atoms with Crippen LogP contribution in [0.3, 0.4) is 0 Å². The van der Waals surface area contributed by atoms with E-state index in [0.717, 1.165) is 11.1 Å². The molecule has 3 N–H and O–H groups in total. The minimum atomic E-state index is -0.203. The second-order valence-electron chi connectivity index (χ2n) is 4.50. The van der Waals surface area contributed by atoms with E-state index in [0.29, 0.717) is 17.2 Å². The Kier molecular flexibility index (Phi) is 2.83. The first-order valence-electron chi connectivity index (χ1n) is 6.08. The summed E-state index contributed by atoms with van der Waals surface area (Å²) in [7, 11) is 1.82. The van der Waals surface area contributed by atoms with Crippen LogP contribution in [0, 0.1) is 0 Å². The molecule has 0 atom stereocenters. The van der Waals surface area contributed by atoms with Crippen molar-refractivity contribution in [3.8, 4) is 22.6 Å². The lowest BCUT2D eigenvalue weighted by Gasteiger charge is -2.03. The predicted molar refractivity (Wildman–Crippen MR) is 76.9 cm³/mol. The Balaban J connectivity index is 2.11. The summed E-state index contributed by atoms with van der Waals surface area (Å²) in [5.41, 5.74) is 8.32. The smallest absolute Gasteiger partial charge is 0.251 e. The number of nitrogens with one attached hydrogen (secondary N) is 1. The number of hydrogen-bond donors (Lipinski definition) is 2. The minimum Gasteiger partial charge on any atom is -0.399 e. The van der Waals surface area contributed by atoms with Gasteiger partial charge in [-0.2, -0.15) is 5.10 Å². The van der Waals surface area contributed by atoms with Crippen LogP contribution in [0.4, 0.5) is 5.69 Å². The highest BCUT2D eigenvalue weighted by molar-refractivity contribution is 5.63. The Labute approximate surface area is 114 Å². The second kappa shape index (κ2) is 4.65. The number of nitrogen functional groups attached to an aromatic ring is 1. The number of nitrogens with two attached hydrogens (primary N) is 1. The van der Waals surface area contributed by atoms with E-state index in [4.69, 9.17) is 5.73 Å². The van der Waals surface area contributed by atoms with Crippen LogP contribution in [0.25, 0.3) is 22.6 Å². The van der Waals surface area contributed by atoms with Gasteiger partial charge in [0.1, 0.15) is 5.82 Å². The van der Waals surface area contributed by atoms with Crippen molar-refractivity contribution < 1.29 is 0 Å². The van der Waals surface area contributed by atoms with E-state index in [1.165, 1.54) is 6.07 Å². The molecule has 6 nitrogen and oxygen atoms in total. The third-order valence-corrected chi connectivity index (χ3v) is 2.93. The van der Waals surface area contributed by atoms with Crippen LogP contribution in [0.1, 0.15) is 0 Å². The van der Waals surface area contributed by atoms with Gasteiger partial charge in [0.15, 0.2) is 0 Å². The van der Waals surface area contributed by atoms with Crippen LogP contribution in [-0.4, -0.2) is 19.7 Å². The van der Waals surface area contributed by atoms with Crippen LogP contribution in [-0.2, 0) is 7.05 Å². The first kappa shape index (κ1) is 12.2. The lowest BCUT2D eigenvalue weighted by Crippen LogP contribution is -2.08. The number of aromatic nitrogens is 4. The van der Waals surface area contributed by atoms with Gasteiger partial charge in [0.05, 0.1) is 11.9 Å². The van der Waals surface area contributed by atoms with Gasteiger partial charge in [0, 0.05) is 36.1 Å². The number of rotatable bonds is 2. The highest BCUT2D eigenvalue weighted by Crippen LogP contribution is 2.19. The molecule has 100 valence electrons. The van der Waals surface area contributed by atoms with E-state index in [9.17, 15) is 4.79 Å². The van der Waals surface area contributed by atoms with Gasteiger partial charge >= 0.3 is 0 Å². The molecule has 0 aliphatic rings. The Hall–Kier alpha value is -2.89. The summed E-state index contributed by atoms with van der Waals surface area (Å²) in [4.78, 5) is 19.0. The quantitative estimate of drug-likeness (QED) is 0.687. The first-order chi connectivity index (χ1) is 9.61. The third-order valence-electron chi connectivity index (χ3n) is 2.93.